The smallest absolute Gasteiger partial charge is 0.160 e. The highest BCUT2D eigenvalue weighted by molar-refractivity contribution is 5.86. The molecule has 0 bridgehead atoms. The van der Waals surface area contributed by atoms with E-state index in [2.05, 4.69) is 153 Å². The number of aromatic nitrogens is 2. The van der Waals surface area contributed by atoms with E-state index in [0.29, 0.717) is 5.56 Å². The average molecular weight is 682 g/mol. The fraction of sp³-hybridized carbons (Fsp3) is 0.180. The van der Waals surface area contributed by atoms with Gasteiger partial charge in [-0.1, -0.05) is 142 Å². The first-order valence-electron chi connectivity index (χ1n) is 18.9. The van der Waals surface area contributed by atoms with E-state index in [9.17, 15) is 5.26 Å². The maximum absolute atomic E-state index is 9.67. The van der Waals surface area contributed by atoms with Gasteiger partial charge < -0.3 is 0 Å². The van der Waals surface area contributed by atoms with Gasteiger partial charge in [0.15, 0.2) is 5.82 Å². The van der Waals surface area contributed by atoms with Crippen molar-refractivity contribution in [2.24, 2.45) is 0 Å². The fourth-order valence-electron chi connectivity index (χ4n) is 9.59. The molecule has 0 radical (unpaired) electrons. The number of benzene rings is 6. The lowest BCUT2D eigenvalue weighted by atomic mass is 9.67. The molecule has 1 aromatic heterocycles. The van der Waals surface area contributed by atoms with Gasteiger partial charge in [0.1, 0.15) is 0 Å². The average Bonchev–Trinajstić information content (AvgIpc) is 3.61. The van der Waals surface area contributed by atoms with Crippen LogP contribution >= 0.6 is 0 Å². The third-order valence-electron chi connectivity index (χ3n) is 12.3. The SMILES string of the molecule is CC1(C)c2cc(C#N)ccc2-c2ccc(-c3cc(-c4ccc(-c5ccccc5)cc4)nc(-c4ccc5c(c4)C4(CCCCC4)c4ccccc4-5)n3)cc21. The van der Waals surface area contributed by atoms with Gasteiger partial charge in [-0.05, 0) is 98.8 Å². The first-order chi connectivity index (χ1) is 25.9. The van der Waals surface area contributed by atoms with Crippen LogP contribution in [-0.4, -0.2) is 9.97 Å². The lowest BCUT2D eigenvalue weighted by Gasteiger charge is -2.36. The van der Waals surface area contributed by atoms with Crippen LogP contribution in [-0.2, 0) is 10.8 Å². The van der Waals surface area contributed by atoms with E-state index in [1.54, 1.807) is 0 Å². The van der Waals surface area contributed by atoms with Crippen LogP contribution in [0.4, 0.5) is 0 Å². The number of rotatable bonds is 4. The molecule has 0 atom stereocenters. The predicted octanol–water partition coefficient (Wildman–Crippen LogP) is 12.6. The van der Waals surface area contributed by atoms with Crippen molar-refractivity contribution in [3.63, 3.8) is 0 Å². The lowest BCUT2D eigenvalue weighted by Crippen LogP contribution is -2.28. The highest BCUT2D eigenvalue weighted by Gasteiger charge is 2.43. The maximum Gasteiger partial charge on any atom is 0.160 e. The Bertz CT molecular complexity index is 2620. The number of hydrogen-bond donors (Lipinski definition) is 0. The van der Waals surface area contributed by atoms with Crippen molar-refractivity contribution < 1.29 is 0 Å². The number of hydrogen-bond acceptors (Lipinski definition) is 3. The predicted molar refractivity (Wildman–Crippen MR) is 215 cm³/mol. The van der Waals surface area contributed by atoms with Crippen LogP contribution in [0.3, 0.4) is 0 Å². The van der Waals surface area contributed by atoms with Gasteiger partial charge in [-0.25, -0.2) is 9.97 Å². The van der Waals surface area contributed by atoms with E-state index in [-0.39, 0.29) is 10.8 Å². The monoisotopic (exact) mass is 681 g/mol. The highest BCUT2D eigenvalue weighted by atomic mass is 14.9. The van der Waals surface area contributed by atoms with E-state index in [1.807, 2.05) is 6.07 Å². The minimum absolute atomic E-state index is 0.0554. The molecule has 1 fully saturated rings. The van der Waals surface area contributed by atoms with Crippen LogP contribution in [0, 0.1) is 11.3 Å². The molecule has 0 saturated heterocycles. The van der Waals surface area contributed by atoms with Crippen molar-refractivity contribution in [2.45, 2.75) is 56.8 Å². The van der Waals surface area contributed by atoms with Gasteiger partial charge in [0.05, 0.1) is 23.0 Å². The summed E-state index contributed by atoms with van der Waals surface area (Å²) in [6.07, 6.45) is 6.18. The van der Waals surface area contributed by atoms with Crippen molar-refractivity contribution in [1.82, 2.24) is 9.97 Å². The van der Waals surface area contributed by atoms with Gasteiger partial charge in [0, 0.05) is 27.5 Å². The van der Waals surface area contributed by atoms with Crippen LogP contribution in [0.2, 0.25) is 0 Å². The first-order valence-corrected chi connectivity index (χ1v) is 18.9. The van der Waals surface area contributed by atoms with Crippen LogP contribution < -0.4 is 0 Å². The van der Waals surface area contributed by atoms with Crippen molar-refractivity contribution in [3.05, 3.63) is 167 Å². The summed E-state index contributed by atoms with van der Waals surface area (Å²) in [7, 11) is 0. The Morgan fingerprint density at radius 1 is 0.472 bits per heavy atom. The molecule has 0 aliphatic heterocycles. The quantitative estimate of drug-likeness (QED) is 0.186. The topological polar surface area (TPSA) is 49.6 Å². The van der Waals surface area contributed by atoms with Crippen molar-refractivity contribution in [1.29, 1.82) is 5.26 Å². The van der Waals surface area contributed by atoms with Gasteiger partial charge >= 0.3 is 0 Å². The molecule has 0 amide bonds. The van der Waals surface area contributed by atoms with Gasteiger partial charge in [-0.3, -0.25) is 0 Å². The third kappa shape index (κ3) is 4.93. The van der Waals surface area contributed by atoms with Gasteiger partial charge in [0.2, 0.25) is 0 Å². The Kier molecular flexibility index (Phi) is 7.14. The van der Waals surface area contributed by atoms with Gasteiger partial charge in [-0.15, -0.1) is 0 Å². The molecule has 3 heteroatoms. The second kappa shape index (κ2) is 12.0. The minimum atomic E-state index is -0.247. The summed E-state index contributed by atoms with van der Waals surface area (Å²) in [4.78, 5) is 10.7. The minimum Gasteiger partial charge on any atom is -0.228 e. The number of nitrogens with zero attached hydrogens (tertiary/aromatic N) is 3. The summed E-state index contributed by atoms with van der Waals surface area (Å²) in [5.41, 5.74) is 18.4. The summed E-state index contributed by atoms with van der Waals surface area (Å²) in [6, 6.07) is 52.6. The van der Waals surface area contributed by atoms with Gasteiger partial charge in [-0.2, -0.15) is 5.26 Å². The molecule has 3 aliphatic carbocycles. The standard InChI is InChI=1S/C50H39N3/c1-49(2)43-27-32(31-51)15-22-39(43)40-23-20-36(28-44(40)49)47-30-46(35-18-16-34(17-19-35)33-11-5-3-6-12-33)52-48(53-47)37-21-24-41-38-13-7-8-14-42(38)50(45(41)29-37)25-9-4-10-26-50/h3,5-8,11-24,27-30H,4,9-10,25-26H2,1-2H3. The summed E-state index contributed by atoms with van der Waals surface area (Å²) in [6.45, 7) is 4.52. The molecule has 1 heterocycles. The van der Waals surface area contributed by atoms with E-state index < -0.39 is 0 Å². The molecule has 3 nitrogen and oxygen atoms in total. The Labute approximate surface area is 311 Å². The normalized spacial score (nSPS) is 15.6. The van der Waals surface area contributed by atoms with Crippen molar-refractivity contribution >= 4 is 0 Å². The molecule has 0 N–H and O–H groups in total. The summed E-state index contributed by atoms with van der Waals surface area (Å²) >= 11 is 0. The summed E-state index contributed by atoms with van der Waals surface area (Å²) < 4.78 is 0. The van der Waals surface area contributed by atoms with Gasteiger partial charge in [0.25, 0.3) is 0 Å². The molecular formula is C50H39N3. The second-order valence-electron chi connectivity index (χ2n) is 15.6. The zero-order chi connectivity index (χ0) is 35.7. The fourth-order valence-corrected chi connectivity index (χ4v) is 9.59. The molecular weight excluding hydrogens is 643 g/mol. The van der Waals surface area contributed by atoms with Crippen molar-refractivity contribution in [2.75, 3.05) is 0 Å². The third-order valence-corrected chi connectivity index (χ3v) is 12.3. The maximum atomic E-state index is 9.67. The molecule has 6 aromatic carbocycles. The first kappa shape index (κ1) is 31.6. The lowest BCUT2D eigenvalue weighted by molar-refractivity contribution is 0.353. The van der Waals surface area contributed by atoms with Crippen LogP contribution in [0.15, 0.2) is 140 Å². The van der Waals surface area contributed by atoms with E-state index in [4.69, 9.17) is 9.97 Å². The van der Waals surface area contributed by atoms with E-state index in [1.165, 1.54) is 87.7 Å². The zero-order valence-corrected chi connectivity index (χ0v) is 30.2. The summed E-state index contributed by atoms with van der Waals surface area (Å²) in [5, 5.41) is 9.67. The molecule has 1 saturated carbocycles. The molecule has 0 unspecified atom stereocenters. The van der Waals surface area contributed by atoms with E-state index >= 15 is 0 Å². The Balaban J connectivity index is 1.13. The van der Waals surface area contributed by atoms with Crippen LogP contribution in [0.1, 0.15) is 73.8 Å². The largest absolute Gasteiger partial charge is 0.228 e. The molecule has 53 heavy (non-hydrogen) atoms. The Morgan fingerprint density at radius 2 is 1.02 bits per heavy atom. The Hall–Kier alpha value is -6.11. The molecule has 254 valence electrons. The van der Waals surface area contributed by atoms with E-state index in [0.717, 1.165) is 33.9 Å². The second-order valence-corrected chi connectivity index (χ2v) is 15.6. The molecule has 10 rings (SSSR count). The molecule has 3 aliphatic rings. The molecule has 7 aromatic rings. The zero-order valence-electron chi connectivity index (χ0n) is 30.2. The number of fused-ring (bicyclic) bond motifs is 8. The van der Waals surface area contributed by atoms with Crippen molar-refractivity contribution in [3.8, 4) is 73.4 Å². The number of nitriles is 1. The van der Waals surface area contributed by atoms with Crippen LogP contribution in [0.5, 0.6) is 0 Å². The summed E-state index contributed by atoms with van der Waals surface area (Å²) in [5.74, 6) is 0.746. The highest BCUT2D eigenvalue weighted by Crippen LogP contribution is 2.56. The Morgan fingerprint density at radius 3 is 1.77 bits per heavy atom. The van der Waals surface area contributed by atoms with Crippen LogP contribution in [0.25, 0.3) is 67.3 Å². The molecule has 1 spiro atoms.